The molecule has 3 nitrogen and oxygen atoms in total. The number of unbranched alkanes of at least 4 members (excludes halogenated alkanes) is 1. The summed E-state index contributed by atoms with van der Waals surface area (Å²) in [6.07, 6.45) is 3.85. The number of benzene rings is 1. The summed E-state index contributed by atoms with van der Waals surface area (Å²) in [5, 5.41) is 3.30. The molecule has 0 spiro atoms. The minimum atomic E-state index is 0.639. The molecule has 0 aromatic heterocycles. The van der Waals surface area contributed by atoms with Gasteiger partial charge in [0.25, 0.3) is 0 Å². The second-order valence-electron chi connectivity index (χ2n) is 5.58. The first kappa shape index (κ1) is 14.2. The Hall–Kier alpha value is -1.22. The highest BCUT2D eigenvalue weighted by molar-refractivity contribution is 5.72. The third-order valence-corrected chi connectivity index (χ3v) is 4.15. The van der Waals surface area contributed by atoms with E-state index in [4.69, 9.17) is 0 Å². The predicted molar refractivity (Wildman–Crippen MR) is 84.3 cm³/mol. The third-order valence-electron chi connectivity index (χ3n) is 4.15. The summed E-state index contributed by atoms with van der Waals surface area (Å²) in [7, 11) is 4.23. The second-order valence-corrected chi connectivity index (χ2v) is 5.58. The lowest BCUT2D eigenvalue weighted by atomic mass is 10.1. The first-order chi connectivity index (χ1) is 9.22. The molecule has 3 heteroatoms. The molecule has 1 aliphatic rings. The third kappa shape index (κ3) is 3.63. The lowest BCUT2D eigenvalue weighted by molar-refractivity contribution is 0.525. The average molecular weight is 261 g/mol. The Bertz CT molecular complexity index is 391. The number of anilines is 2. The number of para-hydroxylation sites is 2. The molecule has 1 aliphatic heterocycles. The fraction of sp³-hybridized carbons (Fsp3) is 0.625. The SMILES string of the molecule is CNC(C)CCCCN1CCN(C)c2ccccc21. The number of hydrogen-bond donors (Lipinski definition) is 1. The smallest absolute Gasteiger partial charge is 0.0604 e. The van der Waals surface area contributed by atoms with Crippen molar-refractivity contribution >= 4 is 11.4 Å². The molecule has 0 aliphatic carbocycles. The molecular formula is C16H27N3. The van der Waals surface area contributed by atoms with Gasteiger partial charge in [-0.05, 0) is 38.9 Å². The Morgan fingerprint density at radius 1 is 1.16 bits per heavy atom. The van der Waals surface area contributed by atoms with E-state index in [9.17, 15) is 0 Å². The molecule has 1 unspecified atom stereocenters. The molecule has 1 aromatic carbocycles. The fourth-order valence-corrected chi connectivity index (χ4v) is 2.70. The van der Waals surface area contributed by atoms with E-state index in [0.717, 1.165) is 13.1 Å². The summed E-state index contributed by atoms with van der Waals surface area (Å²) < 4.78 is 0. The van der Waals surface area contributed by atoms with Gasteiger partial charge in [-0.3, -0.25) is 0 Å². The van der Waals surface area contributed by atoms with E-state index in [-0.39, 0.29) is 0 Å². The number of nitrogens with one attached hydrogen (secondary N) is 1. The number of rotatable bonds is 6. The van der Waals surface area contributed by atoms with Gasteiger partial charge in [0.1, 0.15) is 0 Å². The van der Waals surface area contributed by atoms with E-state index < -0.39 is 0 Å². The van der Waals surface area contributed by atoms with Gasteiger partial charge in [-0.2, -0.15) is 0 Å². The molecule has 0 bridgehead atoms. The number of likely N-dealkylation sites (N-methyl/N-ethyl adjacent to an activating group) is 1. The van der Waals surface area contributed by atoms with Gasteiger partial charge < -0.3 is 15.1 Å². The molecule has 1 heterocycles. The van der Waals surface area contributed by atoms with E-state index in [2.05, 4.69) is 53.4 Å². The van der Waals surface area contributed by atoms with Crippen LogP contribution in [0.25, 0.3) is 0 Å². The van der Waals surface area contributed by atoms with Crippen LogP contribution >= 0.6 is 0 Å². The van der Waals surface area contributed by atoms with Gasteiger partial charge in [-0.25, -0.2) is 0 Å². The van der Waals surface area contributed by atoms with E-state index in [1.807, 2.05) is 7.05 Å². The molecule has 1 aromatic rings. The first-order valence-corrected chi connectivity index (χ1v) is 7.44. The molecule has 0 fully saturated rings. The Labute approximate surface area is 117 Å². The highest BCUT2D eigenvalue weighted by Crippen LogP contribution is 2.31. The molecule has 0 radical (unpaired) electrons. The van der Waals surface area contributed by atoms with Crippen molar-refractivity contribution in [3.63, 3.8) is 0 Å². The normalized spacial score (nSPS) is 16.4. The van der Waals surface area contributed by atoms with Crippen molar-refractivity contribution in [2.75, 3.05) is 43.5 Å². The van der Waals surface area contributed by atoms with Crippen LogP contribution in [-0.2, 0) is 0 Å². The van der Waals surface area contributed by atoms with Crippen LogP contribution in [0.5, 0.6) is 0 Å². The quantitative estimate of drug-likeness (QED) is 0.794. The van der Waals surface area contributed by atoms with Gasteiger partial charge in [-0.1, -0.05) is 18.6 Å². The number of nitrogens with zero attached hydrogens (tertiary/aromatic N) is 2. The van der Waals surface area contributed by atoms with E-state index in [1.54, 1.807) is 0 Å². The zero-order chi connectivity index (χ0) is 13.7. The summed E-state index contributed by atoms with van der Waals surface area (Å²) in [5.41, 5.74) is 2.77. The predicted octanol–water partition coefficient (Wildman–Crippen LogP) is 2.72. The van der Waals surface area contributed by atoms with Crippen molar-refractivity contribution in [1.29, 1.82) is 0 Å². The van der Waals surface area contributed by atoms with Gasteiger partial charge in [0.15, 0.2) is 0 Å². The van der Waals surface area contributed by atoms with Gasteiger partial charge in [-0.15, -0.1) is 0 Å². The van der Waals surface area contributed by atoms with Crippen molar-refractivity contribution in [1.82, 2.24) is 5.32 Å². The first-order valence-electron chi connectivity index (χ1n) is 7.44. The Morgan fingerprint density at radius 3 is 2.63 bits per heavy atom. The number of fused-ring (bicyclic) bond motifs is 1. The van der Waals surface area contributed by atoms with E-state index in [1.165, 1.54) is 37.2 Å². The molecular weight excluding hydrogens is 234 g/mol. The minimum Gasteiger partial charge on any atom is -0.371 e. The Balaban J connectivity index is 1.87. The van der Waals surface area contributed by atoms with Crippen LogP contribution in [0.2, 0.25) is 0 Å². The average Bonchev–Trinajstić information content (AvgIpc) is 2.45. The van der Waals surface area contributed by atoms with Crippen LogP contribution in [-0.4, -0.2) is 39.8 Å². The topological polar surface area (TPSA) is 18.5 Å². The Kier molecular flexibility index (Phi) is 5.08. The van der Waals surface area contributed by atoms with E-state index in [0.29, 0.717) is 6.04 Å². The molecule has 0 saturated heterocycles. The van der Waals surface area contributed by atoms with Crippen LogP contribution < -0.4 is 15.1 Å². The Morgan fingerprint density at radius 2 is 1.89 bits per heavy atom. The number of hydrogen-bond acceptors (Lipinski definition) is 3. The van der Waals surface area contributed by atoms with Crippen LogP contribution in [0.3, 0.4) is 0 Å². The zero-order valence-corrected chi connectivity index (χ0v) is 12.5. The van der Waals surface area contributed by atoms with Crippen molar-refractivity contribution < 1.29 is 0 Å². The molecule has 1 N–H and O–H groups in total. The van der Waals surface area contributed by atoms with Crippen molar-refractivity contribution in [2.45, 2.75) is 32.2 Å². The summed E-state index contributed by atoms with van der Waals surface area (Å²) >= 11 is 0. The fourth-order valence-electron chi connectivity index (χ4n) is 2.70. The zero-order valence-electron chi connectivity index (χ0n) is 12.5. The lowest BCUT2D eigenvalue weighted by Crippen LogP contribution is -2.39. The molecule has 106 valence electrons. The largest absolute Gasteiger partial charge is 0.371 e. The van der Waals surface area contributed by atoms with Gasteiger partial charge in [0, 0.05) is 32.7 Å². The molecule has 2 rings (SSSR count). The maximum atomic E-state index is 3.30. The summed E-state index contributed by atoms with van der Waals surface area (Å²) in [6.45, 7) is 5.71. The standard InChI is InChI=1S/C16H27N3/c1-14(17-2)8-6-7-11-19-13-12-18(3)15-9-4-5-10-16(15)19/h4-5,9-10,14,17H,6-8,11-13H2,1-3H3. The lowest BCUT2D eigenvalue weighted by Gasteiger charge is -2.37. The van der Waals surface area contributed by atoms with Crippen LogP contribution in [0.15, 0.2) is 24.3 Å². The summed E-state index contributed by atoms with van der Waals surface area (Å²) in [6, 6.07) is 9.40. The van der Waals surface area contributed by atoms with Gasteiger partial charge >= 0.3 is 0 Å². The van der Waals surface area contributed by atoms with Crippen LogP contribution in [0, 0.1) is 0 Å². The van der Waals surface area contributed by atoms with Crippen molar-refractivity contribution in [2.24, 2.45) is 0 Å². The highest BCUT2D eigenvalue weighted by Gasteiger charge is 2.18. The van der Waals surface area contributed by atoms with Gasteiger partial charge in [0.2, 0.25) is 0 Å². The van der Waals surface area contributed by atoms with Crippen LogP contribution in [0.1, 0.15) is 26.2 Å². The molecule has 0 amide bonds. The molecule has 1 atom stereocenters. The summed E-state index contributed by atoms with van der Waals surface area (Å²) in [5.74, 6) is 0. The van der Waals surface area contributed by atoms with E-state index >= 15 is 0 Å². The second kappa shape index (κ2) is 6.80. The maximum absolute atomic E-state index is 3.30. The van der Waals surface area contributed by atoms with Crippen molar-refractivity contribution in [3.05, 3.63) is 24.3 Å². The van der Waals surface area contributed by atoms with Gasteiger partial charge in [0.05, 0.1) is 11.4 Å². The minimum absolute atomic E-state index is 0.639. The molecule has 0 saturated carbocycles. The monoisotopic (exact) mass is 261 g/mol. The molecule has 19 heavy (non-hydrogen) atoms. The maximum Gasteiger partial charge on any atom is 0.0604 e. The summed E-state index contributed by atoms with van der Waals surface area (Å²) in [4.78, 5) is 4.90. The van der Waals surface area contributed by atoms with Crippen molar-refractivity contribution in [3.8, 4) is 0 Å². The highest BCUT2D eigenvalue weighted by atomic mass is 15.2. The van der Waals surface area contributed by atoms with Crippen LogP contribution in [0.4, 0.5) is 11.4 Å².